The number of fused-ring (bicyclic) bond motifs is 3. The molecule has 0 amide bonds. The van der Waals surface area contributed by atoms with Crippen molar-refractivity contribution in [3.05, 3.63) is 29.8 Å². The molecule has 0 saturated carbocycles. The van der Waals surface area contributed by atoms with Crippen LogP contribution in [0.5, 0.6) is 0 Å². The van der Waals surface area contributed by atoms with E-state index < -0.39 is 0 Å². The summed E-state index contributed by atoms with van der Waals surface area (Å²) in [5, 5.41) is 3.48. The summed E-state index contributed by atoms with van der Waals surface area (Å²) in [5.74, 6) is 0.305. The lowest BCUT2D eigenvalue weighted by atomic mass is 9.99. The fourth-order valence-corrected chi connectivity index (χ4v) is 3.44. The minimum atomic E-state index is -0.0488. The molecule has 0 radical (unpaired) electrons. The minimum absolute atomic E-state index is 0.0488. The second-order valence-corrected chi connectivity index (χ2v) is 6.08. The topological polar surface area (TPSA) is 35.6 Å². The van der Waals surface area contributed by atoms with Gasteiger partial charge in [-0.3, -0.25) is 4.79 Å². The van der Waals surface area contributed by atoms with E-state index in [0.717, 1.165) is 25.9 Å². The van der Waals surface area contributed by atoms with E-state index >= 15 is 0 Å². The first-order valence-electron chi connectivity index (χ1n) is 7.42. The summed E-state index contributed by atoms with van der Waals surface area (Å²) in [7, 11) is 3.91. The number of hydrogen-bond acceptors (Lipinski definition) is 4. The molecule has 0 aliphatic carbocycles. The zero-order chi connectivity index (χ0) is 14.1. The molecule has 1 N–H and O–H groups in total. The van der Waals surface area contributed by atoms with Crippen molar-refractivity contribution in [2.24, 2.45) is 0 Å². The molecule has 1 aromatic rings. The molecule has 0 spiro atoms. The van der Waals surface area contributed by atoms with Gasteiger partial charge in [0.25, 0.3) is 0 Å². The van der Waals surface area contributed by atoms with Gasteiger partial charge in [0, 0.05) is 12.2 Å². The molecule has 2 atom stereocenters. The van der Waals surface area contributed by atoms with Crippen molar-refractivity contribution < 1.29 is 4.79 Å². The van der Waals surface area contributed by atoms with Crippen molar-refractivity contribution in [1.82, 2.24) is 10.2 Å². The first-order valence-corrected chi connectivity index (χ1v) is 7.42. The molecule has 1 saturated heterocycles. The van der Waals surface area contributed by atoms with Crippen molar-refractivity contribution in [3.63, 3.8) is 0 Å². The number of ketones is 1. The van der Waals surface area contributed by atoms with Gasteiger partial charge in [0.1, 0.15) is 0 Å². The van der Waals surface area contributed by atoms with Crippen molar-refractivity contribution in [2.45, 2.75) is 24.9 Å². The maximum atomic E-state index is 12.5. The highest BCUT2D eigenvalue weighted by Gasteiger charge is 2.39. The Labute approximate surface area is 120 Å². The number of hydrogen-bond donors (Lipinski definition) is 1. The van der Waals surface area contributed by atoms with E-state index in [0.29, 0.717) is 12.3 Å². The third-order valence-electron chi connectivity index (χ3n) is 4.27. The van der Waals surface area contributed by atoms with Crippen LogP contribution >= 0.6 is 0 Å². The fraction of sp³-hybridized carbons (Fsp3) is 0.562. The maximum Gasteiger partial charge on any atom is 0.165 e. The van der Waals surface area contributed by atoms with E-state index in [9.17, 15) is 4.79 Å². The predicted octanol–water partition coefficient (Wildman–Crippen LogP) is 0.910. The zero-order valence-corrected chi connectivity index (χ0v) is 12.3. The Morgan fingerprint density at radius 2 is 2.20 bits per heavy atom. The van der Waals surface area contributed by atoms with Gasteiger partial charge in [-0.2, -0.15) is 0 Å². The third kappa shape index (κ3) is 2.45. The summed E-state index contributed by atoms with van der Waals surface area (Å²) in [6, 6.07) is 8.80. The molecule has 2 unspecified atom stereocenters. The summed E-state index contributed by atoms with van der Waals surface area (Å²) in [5.41, 5.74) is 2.70. The molecule has 4 heteroatoms. The maximum absolute atomic E-state index is 12.5. The van der Waals surface area contributed by atoms with Gasteiger partial charge >= 0.3 is 0 Å². The molecule has 108 valence electrons. The highest BCUT2D eigenvalue weighted by atomic mass is 16.1. The SMILES string of the molecule is CN(C)CC(=O)C1NCCCN2c3ccccc3CC12. The number of carbonyl (C=O) groups excluding carboxylic acids is 1. The molecule has 20 heavy (non-hydrogen) atoms. The zero-order valence-electron chi connectivity index (χ0n) is 12.3. The lowest BCUT2D eigenvalue weighted by Gasteiger charge is -2.30. The molecular formula is C16H23N3O. The van der Waals surface area contributed by atoms with E-state index in [-0.39, 0.29) is 12.1 Å². The largest absolute Gasteiger partial charge is 0.366 e. The first kappa shape index (κ1) is 13.6. The van der Waals surface area contributed by atoms with Gasteiger partial charge in [0.15, 0.2) is 5.78 Å². The van der Waals surface area contributed by atoms with Crippen molar-refractivity contribution >= 4 is 11.5 Å². The highest BCUT2D eigenvalue weighted by molar-refractivity contribution is 5.88. The Hall–Kier alpha value is -1.39. The Kier molecular flexibility index (Phi) is 3.76. The van der Waals surface area contributed by atoms with Crippen LogP contribution in [0.4, 0.5) is 5.69 Å². The van der Waals surface area contributed by atoms with Crippen LogP contribution in [-0.2, 0) is 11.2 Å². The van der Waals surface area contributed by atoms with Crippen LogP contribution in [0.25, 0.3) is 0 Å². The Morgan fingerprint density at radius 3 is 3.00 bits per heavy atom. The first-order chi connectivity index (χ1) is 9.66. The molecule has 4 nitrogen and oxygen atoms in total. The summed E-state index contributed by atoms with van der Waals surface area (Å²) in [6.45, 7) is 2.48. The number of para-hydroxylation sites is 1. The quantitative estimate of drug-likeness (QED) is 0.888. The van der Waals surface area contributed by atoms with Gasteiger partial charge in [-0.15, -0.1) is 0 Å². The van der Waals surface area contributed by atoms with Crippen LogP contribution < -0.4 is 10.2 Å². The minimum Gasteiger partial charge on any atom is -0.366 e. The molecule has 0 bridgehead atoms. The molecule has 3 rings (SSSR count). The van der Waals surface area contributed by atoms with Crippen LogP contribution in [0, 0.1) is 0 Å². The number of nitrogens with one attached hydrogen (secondary N) is 1. The number of anilines is 1. The molecule has 1 fully saturated rings. The fourth-order valence-electron chi connectivity index (χ4n) is 3.44. The highest BCUT2D eigenvalue weighted by Crippen LogP contribution is 2.34. The van der Waals surface area contributed by atoms with Gasteiger partial charge in [-0.05, 0) is 45.1 Å². The summed E-state index contributed by atoms with van der Waals surface area (Å²) in [4.78, 5) is 16.9. The molecule has 2 heterocycles. The lowest BCUT2D eigenvalue weighted by molar-refractivity contribution is -0.122. The summed E-state index contributed by atoms with van der Waals surface area (Å²) >= 11 is 0. The average Bonchev–Trinajstić information content (AvgIpc) is 2.63. The van der Waals surface area contributed by atoms with Gasteiger partial charge in [-0.25, -0.2) is 0 Å². The van der Waals surface area contributed by atoms with Crippen molar-refractivity contribution in [3.8, 4) is 0 Å². The van der Waals surface area contributed by atoms with Gasteiger partial charge in [0.2, 0.25) is 0 Å². The predicted molar refractivity (Wildman–Crippen MR) is 81.2 cm³/mol. The molecule has 2 aliphatic heterocycles. The van der Waals surface area contributed by atoms with Gasteiger partial charge < -0.3 is 15.1 Å². The lowest BCUT2D eigenvalue weighted by Crippen LogP contribution is -2.53. The smallest absolute Gasteiger partial charge is 0.165 e. The second-order valence-electron chi connectivity index (χ2n) is 6.08. The Bertz CT molecular complexity index is 500. The van der Waals surface area contributed by atoms with Crippen LogP contribution in [0.2, 0.25) is 0 Å². The van der Waals surface area contributed by atoms with Crippen LogP contribution in [0.15, 0.2) is 24.3 Å². The normalized spacial score (nSPS) is 25.2. The number of benzene rings is 1. The number of rotatable bonds is 3. The molecular weight excluding hydrogens is 250 g/mol. The molecule has 2 aliphatic rings. The molecule has 1 aromatic carbocycles. The van der Waals surface area contributed by atoms with E-state index in [1.165, 1.54) is 11.3 Å². The van der Waals surface area contributed by atoms with E-state index in [2.05, 4.69) is 34.5 Å². The van der Waals surface area contributed by atoms with Gasteiger partial charge in [0.05, 0.1) is 18.6 Å². The van der Waals surface area contributed by atoms with Crippen LogP contribution in [0.1, 0.15) is 12.0 Å². The Balaban J connectivity index is 1.85. The van der Waals surface area contributed by atoms with Crippen LogP contribution in [0.3, 0.4) is 0 Å². The monoisotopic (exact) mass is 273 g/mol. The van der Waals surface area contributed by atoms with Crippen LogP contribution in [-0.4, -0.2) is 56.5 Å². The standard InChI is InChI=1S/C16H23N3O/c1-18(2)11-15(20)16-14-10-12-6-3-4-7-13(12)19(14)9-5-8-17-16/h3-4,6-7,14,16-17H,5,8-11H2,1-2H3. The third-order valence-corrected chi connectivity index (χ3v) is 4.27. The van der Waals surface area contributed by atoms with Gasteiger partial charge in [-0.1, -0.05) is 18.2 Å². The van der Waals surface area contributed by atoms with E-state index in [1.807, 2.05) is 19.0 Å². The molecule has 0 aromatic heterocycles. The Morgan fingerprint density at radius 1 is 1.40 bits per heavy atom. The summed E-state index contributed by atoms with van der Waals surface area (Å²) in [6.07, 6.45) is 2.07. The van der Waals surface area contributed by atoms with Crippen molar-refractivity contribution in [2.75, 3.05) is 38.6 Å². The summed E-state index contributed by atoms with van der Waals surface area (Å²) < 4.78 is 0. The number of nitrogens with zero attached hydrogens (tertiary/aromatic N) is 2. The van der Waals surface area contributed by atoms with E-state index in [4.69, 9.17) is 0 Å². The second kappa shape index (κ2) is 5.54. The van der Waals surface area contributed by atoms with Crippen molar-refractivity contribution in [1.29, 1.82) is 0 Å². The average molecular weight is 273 g/mol. The number of likely N-dealkylation sites (N-methyl/N-ethyl adjacent to an activating group) is 1. The number of Topliss-reactive ketones (excluding diaryl/α,β-unsaturated/α-hetero) is 1. The van der Waals surface area contributed by atoms with E-state index in [1.54, 1.807) is 0 Å². The number of carbonyl (C=O) groups is 1.